The van der Waals surface area contributed by atoms with Gasteiger partial charge in [0.1, 0.15) is 0 Å². The van der Waals surface area contributed by atoms with Crippen molar-refractivity contribution < 1.29 is 9.59 Å². The standard InChI is InChI=1S/C22H20BrN3O2S/c1-2-14-3-5-15(6-4-14)18-11-20(27)26-22(19(18)12-24)29-13-21(28)25-17-9-7-16(23)8-10-17/h3-10,18H,2,11,13H2,1H3,(H,25,28)(H,26,27)/t18-/m0/s1. The van der Waals surface area contributed by atoms with Crippen molar-refractivity contribution >= 4 is 45.2 Å². The Bertz CT molecular complexity index is 979. The zero-order chi connectivity index (χ0) is 20.8. The first-order valence-corrected chi connectivity index (χ1v) is 11.0. The minimum Gasteiger partial charge on any atom is -0.325 e. The van der Waals surface area contributed by atoms with E-state index in [4.69, 9.17) is 0 Å². The quantitative estimate of drug-likeness (QED) is 0.640. The zero-order valence-corrected chi connectivity index (χ0v) is 18.3. The number of rotatable bonds is 6. The molecular weight excluding hydrogens is 450 g/mol. The van der Waals surface area contributed by atoms with Gasteiger partial charge in [-0.3, -0.25) is 9.59 Å². The summed E-state index contributed by atoms with van der Waals surface area (Å²) in [7, 11) is 0. The van der Waals surface area contributed by atoms with E-state index in [1.54, 1.807) is 12.1 Å². The Kier molecular flexibility index (Phi) is 7.13. The number of carbonyl (C=O) groups is 2. The van der Waals surface area contributed by atoms with E-state index in [-0.39, 0.29) is 29.9 Å². The Morgan fingerprint density at radius 2 is 1.93 bits per heavy atom. The molecule has 29 heavy (non-hydrogen) atoms. The summed E-state index contributed by atoms with van der Waals surface area (Å²) in [6, 6.07) is 17.5. The van der Waals surface area contributed by atoms with Crippen LogP contribution in [-0.4, -0.2) is 17.6 Å². The molecule has 0 saturated carbocycles. The summed E-state index contributed by atoms with van der Waals surface area (Å²) >= 11 is 4.53. The highest BCUT2D eigenvalue weighted by Gasteiger charge is 2.29. The summed E-state index contributed by atoms with van der Waals surface area (Å²) in [6.07, 6.45) is 1.16. The van der Waals surface area contributed by atoms with Crippen molar-refractivity contribution in [1.29, 1.82) is 5.26 Å². The Morgan fingerprint density at radius 1 is 1.24 bits per heavy atom. The lowest BCUT2D eigenvalue weighted by atomic mass is 9.86. The van der Waals surface area contributed by atoms with Crippen molar-refractivity contribution in [2.45, 2.75) is 25.7 Å². The molecule has 0 saturated heterocycles. The number of nitriles is 1. The van der Waals surface area contributed by atoms with Crippen LogP contribution in [0.5, 0.6) is 0 Å². The molecule has 0 bridgehead atoms. The number of hydrogen-bond donors (Lipinski definition) is 2. The fourth-order valence-electron chi connectivity index (χ4n) is 3.07. The smallest absolute Gasteiger partial charge is 0.234 e. The fourth-order valence-corrected chi connectivity index (χ4v) is 4.21. The van der Waals surface area contributed by atoms with Crippen LogP contribution < -0.4 is 10.6 Å². The minimum absolute atomic E-state index is 0.0956. The molecule has 1 atom stereocenters. The highest BCUT2D eigenvalue weighted by atomic mass is 79.9. The predicted molar refractivity (Wildman–Crippen MR) is 119 cm³/mol. The molecular formula is C22H20BrN3O2S. The number of thioether (sulfide) groups is 1. The number of nitrogens with one attached hydrogen (secondary N) is 2. The van der Waals surface area contributed by atoms with Crippen LogP contribution in [0.4, 0.5) is 5.69 Å². The molecule has 1 aliphatic rings. The normalized spacial score (nSPS) is 16.2. The Hall–Kier alpha value is -2.56. The van der Waals surface area contributed by atoms with Gasteiger partial charge in [0.05, 0.1) is 22.4 Å². The van der Waals surface area contributed by atoms with E-state index >= 15 is 0 Å². The lowest BCUT2D eigenvalue weighted by molar-refractivity contribution is -0.121. The van der Waals surface area contributed by atoms with E-state index in [1.807, 2.05) is 36.4 Å². The monoisotopic (exact) mass is 469 g/mol. The molecule has 2 aromatic carbocycles. The predicted octanol–water partition coefficient (Wildman–Crippen LogP) is 4.72. The maximum Gasteiger partial charge on any atom is 0.234 e. The van der Waals surface area contributed by atoms with E-state index in [0.29, 0.717) is 16.3 Å². The third-order valence-electron chi connectivity index (χ3n) is 4.62. The lowest BCUT2D eigenvalue weighted by Crippen LogP contribution is -2.31. The van der Waals surface area contributed by atoms with Gasteiger partial charge in [-0.2, -0.15) is 5.26 Å². The van der Waals surface area contributed by atoms with Crippen LogP contribution in [0.25, 0.3) is 0 Å². The topological polar surface area (TPSA) is 82.0 Å². The van der Waals surface area contributed by atoms with Gasteiger partial charge in [-0.15, -0.1) is 0 Å². The average molecular weight is 470 g/mol. The van der Waals surface area contributed by atoms with Crippen LogP contribution in [0.3, 0.4) is 0 Å². The summed E-state index contributed by atoms with van der Waals surface area (Å²) in [5, 5.41) is 15.8. The van der Waals surface area contributed by atoms with Crippen LogP contribution in [0.1, 0.15) is 30.4 Å². The van der Waals surface area contributed by atoms with E-state index in [1.165, 1.54) is 17.3 Å². The maximum atomic E-state index is 12.3. The summed E-state index contributed by atoms with van der Waals surface area (Å²) in [6.45, 7) is 2.08. The largest absolute Gasteiger partial charge is 0.325 e. The van der Waals surface area contributed by atoms with E-state index in [9.17, 15) is 14.9 Å². The lowest BCUT2D eigenvalue weighted by Gasteiger charge is -2.25. The number of nitrogens with zero attached hydrogens (tertiary/aromatic N) is 1. The first-order chi connectivity index (χ1) is 14.0. The number of halogens is 1. The van der Waals surface area contributed by atoms with Crippen molar-refractivity contribution in [2.75, 3.05) is 11.1 Å². The van der Waals surface area contributed by atoms with Gasteiger partial charge in [0.15, 0.2) is 0 Å². The van der Waals surface area contributed by atoms with Crippen LogP contribution in [0.15, 0.2) is 63.6 Å². The second kappa shape index (κ2) is 9.77. The van der Waals surface area contributed by atoms with Gasteiger partial charge in [-0.1, -0.05) is 58.9 Å². The van der Waals surface area contributed by atoms with E-state index in [2.05, 4.69) is 39.6 Å². The molecule has 0 spiro atoms. The number of allylic oxidation sites excluding steroid dienone is 1. The summed E-state index contributed by atoms with van der Waals surface area (Å²) in [5.41, 5.74) is 3.33. The number of amides is 2. The van der Waals surface area contributed by atoms with Gasteiger partial charge >= 0.3 is 0 Å². The van der Waals surface area contributed by atoms with Gasteiger partial charge in [0, 0.05) is 22.5 Å². The van der Waals surface area contributed by atoms with E-state index in [0.717, 1.165) is 16.5 Å². The zero-order valence-electron chi connectivity index (χ0n) is 15.9. The molecule has 3 rings (SSSR count). The SMILES string of the molecule is CCc1ccc([C@@H]2CC(=O)NC(SCC(=O)Nc3ccc(Br)cc3)=C2C#N)cc1. The average Bonchev–Trinajstić information content (AvgIpc) is 2.73. The molecule has 2 amide bonds. The highest BCUT2D eigenvalue weighted by molar-refractivity contribution is 9.10. The molecule has 2 aromatic rings. The number of carbonyl (C=O) groups excluding carboxylic acids is 2. The molecule has 148 valence electrons. The third-order valence-corrected chi connectivity index (χ3v) is 6.17. The van der Waals surface area contributed by atoms with Crippen LogP contribution in [-0.2, 0) is 16.0 Å². The Balaban J connectivity index is 1.73. The van der Waals surface area contributed by atoms with Crippen LogP contribution >= 0.6 is 27.7 Å². The van der Waals surface area contributed by atoms with Gasteiger partial charge in [-0.25, -0.2) is 0 Å². The molecule has 2 N–H and O–H groups in total. The van der Waals surface area contributed by atoms with Crippen molar-refractivity contribution in [3.8, 4) is 6.07 Å². The molecule has 0 aliphatic carbocycles. The maximum absolute atomic E-state index is 12.3. The van der Waals surface area contributed by atoms with Gasteiger partial charge in [0.2, 0.25) is 11.8 Å². The molecule has 1 heterocycles. The molecule has 7 heteroatoms. The Labute approximate surface area is 182 Å². The summed E-state index contributed by atoms with van der Waals surface area (Å²) < 4.78 is 0.927. The highest BCUT2D eigenvalue weighted by Crippen LogP contribution is 2.36. The molecule has 0 radical (unpaired) electrons. The second-order valence-corrected chi connectivity index (χ2v) is 8.50. The number of benzene rings is 2. The molecule has 0 fully saturated rings. The summed E-state index contributed by atoms with van der Waals surface area (Å²) in [5.74, 6) is -0.551. The number of anilines is 1. The first kappa shape index (κ1) is 21.2. The van der Waals surface area contributed by atoms with Crippen LogP contribution in [0.2, 0.25) is 0 Å². The molecule has 0 unspecified atom stereocenters. The molecule has 5 nitrogen and oxygen atoms in total. The van der Waals surface area contributed by atoms with Gasteiger partial charge < -0.3 is 10.6 Å². The third kappa shape index (κ3) is 5.49. The Morgan fingerprint density at radius 3 is 2.55 bits per heavy atom. The first-order valence-electron chi connectivity index (χ1n) is 9.21. The van der Waals surface area contributed by atoms with E-state index < -0.39 is 0 Å². The van der Waals surface area contributed by atoms with Crippen molar-refractivity contribution in [3.63, 3.8) is 0 Å². The summed E-state index contributed by atoms with van der Waals surface area (Å²) in [4.78, 5) is 24.5. The van der Waals surface area contributed by atoms with Crippen molar-refractivity contribution in [3.05, 3.63) is 74.7 Å². The van der Waals surface area contributed by atoms with Gasteiger partial charge in [0.25, 0.3) is 0 Å². The second-order valence-electron chi connectivity index (χ2n) is 6.60. The van der Waals surface area contributed by atoms with Crippen molar-refractivity contribution in [1.82, 2.24) is 5.32 Å². The number of hydrogen-bond acceptors (Lipinski definition) is 4. The molecule has 0 aromatic heterocycles. The fraction of sp³-hybridized carbons (Fsp3) is 0.227. The van der Waals surface area contributed by atoms with Crippen molar-refractivity contribution in [2.24, 2.45) is 0 Å². The minimum atomic E-state index is -0.295. The van der Waals surface area contributed by atoms with Gasteiger partial charge in [-0.05, 0) is 41.8 Å². The number of aryl methyl sites for hydroxylation is 1. The van der Waals surface area contributed by atoms with Crippen LogP contribution in [0, 0.1) is 11.3 Å². The molecule has 1 aliphatic heterocycles.